The number of ether oxygens (including phenoxy) is 1. The molecule has 17 heavy (non-hydrogen) atoms. The summed E-state index contributed by atoms with van der Waals surface area (Å²) in [5, 5.41) is 4.51. The smallest absolute Gasteiger partial charge is 0.432 e. The fourth-order valence-electron chi connectivity index (χ4n) is 1.32. The molecule has 6 nitrogen and oxygen atoms in total. The summed E-state index contributed by atoms with van der Waals surface area (Å²) in [5.41, 5.74) is -0.457. The van der Waals surface area contributed by atoms with Crippen molar-refractivity contribution < 1.29 is 14.3 Å². The highest BCUT2D eigenvalue weighted by Crippen LogP contribution is 2.23. The Morgan fingerprint density at radius 1 is 1.47 bits per heavy atom. The summed E-state index contributed by atoms with van der Waals surface area (Å²) in [7, 11) is 0. The molecule has 1 fully saturated rings. The topological polar surface area (TPSA) is 71.9 Å². The molecule has 0 unspecified atom stereocenters. The van der Waals surface area contributed by atoms with Crippen molar-refractivity contribution in [3.05, 3.63) is 30.1 Å². The monoisotopic (exact) mass is 233 g/mol. The molecule has 2 rings (SSSR count). The van der Waals surface area contributed by atoms with E-state index in [1.54, 1.807) is 24.5 Å². The van der Waals surface area contributed by atoms with Gasteiger partial charge in [0.2, 0.25) is 0 Å². The van der Waals surface area contributed by atoms with Gasteiger partial charge in [0, 0.05) is 18.0 Å². The fourth-order valence-corrected chi connectivity index (χ4v) is 1.32. The molecule has 1 aliphatic heterocycles. The van der Waals surface area contributed by atoms with Crippen LogP contribution in [0.1, 0.15) is 19.4 Å². The minimum Gasteiger partial charge on any atom is -0.432 e. The van der Waals surface area contributed by atoms with Crippen LogP contribution in [0.15, 0.2) is 29.6 Å². The third-order valence-electron chi connectivity index (χ3n) is 2.23. The molecule has 0 radical (unpaired) electrons. The minimum atomic E-state index is -1.15. The lowest BCUT2D eigenvalue weighted by atomic mass is 10.1. The minimum absolute atomic E-state index is 0.484. The Morgan fingerprint density at radius 2 is 2.24 bits per heavy atom. The molecule has 0 atom stereocenters. The summed E-state index contributed by atoms with van der Waals surface area (Å²) in [6.45, 7) is 3.04. The lowest BCUT2D eigenvalue weighted by Gasteiger charge is -2.10. The first kappa shape index (κ1) is 11.3. The van der Waals surface area contributed by atoms with Crippen LogP contribution in [0.3, 0.4) is 0 Å². The Hall–Kier alpha value is -2.24. The van der Waals surface area contributed by atoms with Crippen LogP contribution in [0.5, 0.6) is 0 Å². The molecule has 0 N–H and O–H groups in total. The number of cyclic esters (lactones) is 1. The molecule has 1 aromatic heterocycles. The summed E-state index contributed by atoms with van der Waals surface area (Å²) < 4.78 is 4.87. The van der Waals surface area contributed by atoms with Gasteiger partial charge in [0.25, 0.3) is 5.91 Å². The number of amides is 2. The highest BCUT2D eigenvalue weighted by atomic mass is 16.6. The molecule has 0 spiro atoms. The quantitative estimate of drug-likeness (QED) is 0.719. The molecule has 2 heterocycles. The van der Waals surface area contributed by atoms with Gasteiger partial charge >= 0.3 is 6.09 Å². The summed E-state index contributed by atoms with van der Waals surface area (Å²) >= 11 is 0. The Bertz CT molecular complexity index is 482. The Balaban J connectivity index is 2.18. The van der Waals surface area contributed by atoms with Gasteiger partial charge < -0.3 is 4.74 Å². The second kappa shape index (κ2) is 3.97. The zero-order valence-electron chi connectivity index (χ0n) is 9.45. The van der Waals surface area contributed by atoms with Crippen LogP contribution in [-0.4, -0.2) is 33.8 Å². The second-order valence-corrected chi connectivity index (χ2v) is 4.03. The molecule has 0 aromatic carbocycles. The molecule has 0 aliphatic carbocycles. The number of aromatic nitrogens is 1. The number of hydrogen-bond donors (Lipinski definition) is 0. The van der Waals surface area contributed by atoms with Crippen LogP contribution in [0, 0.1) is 0 Å². The predicted octanol–water partition coefficient (Wildman–Crippen LogP) is 1.17. The molecule has 0 saturated carbocycles. The van der Waals surface area contributed by atoms with Crippen LogP contribution in [0.25, 0.3) is 0 Å². The van der Waals surface area contributed by atoms with Gasteiger partial charge in [-0.1, -0.05) is 6.07 Å². The summed E-state index contributed by atoms with van der Waals surface area (Å²) in [5.74, 6) is -0.484. The zero-order valence-corrected chi connectivity index (χ0v) is 9.45. The summed E-state index contributed by atoms with van der Waals surface area (Å²) in [6, 6.07) is 3.49. The van der Waals surface area contributed by atoms with Crippen molar-refractivity contribution in [2.75, 3.05) is 0 Å². The van der Waals surface area contributed by atoms with Gasteiger partial charge in [0.1, 0.15) is 0 Å². The van der Waals surface area contributed by atoms with Crippen molar-refractivity contribution in [2.24, 2.45) is 5.10 Å². The number of nitrogens with zero attached hydrogens (tertiary/aromatic N) is 3. The number of imide groups is 1. The Labute approximate surface area is 97.9 Å². The maximum absolute atomic E-state index is 11.7. The molecule has 1 aliphatic rings. The van der Waals surface area contributed by atoms with E-state index in [1.807, 2.05) is 0 Å². The molecule has 0 bridgehead atoms. The van der Waals surface area contributed by atoms with Crippen LogP contribution in [-0.2, 0) is 9.53 Å². The van der Waals surface area contributed by atoms with Gasteiger partial charge in [-0.3, -0.25) is 9.78 Å². The van der Waals surface area contributed by atoms with E-state index in [0.29, 0.717) is 10.6 Å². The van der Waals surface area contributed by atoms with Gasteiger partial charge in [0.15, 0.2) is 5.60 Å². The van der Waals surface area contributed by atoms with E-state index in [4.69, 9.17) is 4.74 Å². The van der Waals surface area contributed by atoms with E-state index < -0.39 is 17.6 Å². The number of hydrogen-bond acceptors (Lipinski definition) is 5. The largest absolute Gasteiger partial charge is 0.438 e. The van der Waals surface area contributed by atoms with Crippen molar-refractivity contribution >= 4 is 18.2 Å². The average Bonchev–Trinajstić information content (AvgIpc) is 2.48. The maximum Gasteiger partial charge on any atom is 0.438 e. The van der Waals surface area contributed by atoms with Crippen molar-refractivity contribution in [3.8, 4) is 0 Å². The molecular weight excluding hydrogens is 222 g/mol. The van der Waals surface area contributed by atoms with Crippen molar-refractivity contribution in [2.45, 2.75) is 19.4 Å². The first-order valence-electron chi connectivity index (χ1n) is 5.02. The summed E-state index contributed by atoms with van der Waals surface area (Å²) in [6.07, 6.45) is 3.81. The third-order valence-corrected chi connectivity index (χ3v) is 2.23. The Morgan fingerprint density at radius 3 is 2.76 bits per heavy atom. The van der Waals surface area contributed by atoms with E-state index in [-0.39, 0.29) is 0 Å². The van der Waals surface area contributed by atoms with E-state index in [2.05, 4.69) is 10.1 Å². The number of carbonyl (C=O) groups excluding carboxylic acids is 2. The molecule has 6 heteroatoms. The summed E-state index contributed by atoms with van der Waals surface area (Å²) in [4.78, 5) is 27.0. The van der Waals surface area contributed by atoms with E-state index >= 15 is 0 Å². The maximum atomic E-state index is 11.7. The van der Waals surface area contributed by atoms with Gasteiger partial charge in [-0.25, -0.2) is 4.79 Å². The molecule has 1 aromatic rings. The Kier molecular flexibility index (Phi) is 2.63. The zero-order chi connectivity index (χ0) is 12.5. The van der Waals surface area contributed by atoms with Crippen molar-refractivity contribution in [3.63, 3.8) is 0 Å². The van der Waals surface area contributed by atoms with E-state index in [0.717, 1.165) is 0 Å². The first-order valence-corrected chi connectivity index (χ1v) is 5.02. The first-order chi connectivity index (χ1) is 8.00. The SMILES string of the molecule is CC1(C)OC(=O)N(/N=C/c2cccnc2)C1=O. The van der Waals surface area contributed by atoms with Gasteiger partial charge in [0.05, 0.1) is 6.21 Å². The number of hydrazone groups is 1. The predicted molar refractivity (Wildman–Crippen MR) is 59.2 cm³/mol. The van der Waals surface area contributed by atoms with E-state index in [9.17, 15) is 9.59 Å². The van der Waals surface area contributed by atoms with Crippen LogP contribution in [0.2, 0.25) is 0 Å². The average molecular weight is 233 g/mol. The molecular formula is C11H11N3O3. The molecule has 2 amide bonds. The van der Waals surface area contributed by atoms with Crippen LogP contribution < -0.4 is 0 Å². The lowest BCUT2D eigenvalue weighted by Crippen LogP contribution is -2.33. The second-order valence-electron chi connectivity index (χ2n) is 4.03. The number of rotatable bonds is 2. The number of carbonyl (C=O) groups is 2. The fraction of sp³-hybridized carbons (Fsp3) is 0.273. The van der Waals surface area contributed by atoms with Crippen LogP contribution in [0.4, 0.5) is 4.79 Å². The highest BCUT2D eigenvalue weighted by Gasteiger charge is 2.47. The molecule has 1 saturated heterocycles. The van der Waals surface area contributed by atoms with Crippen LogP contribution >= 0.6 is 0 Å². The van der Waals surface area contributed by atoms with Crippen molar-refractivity contribution in [1.82, 2.24) is 9.99 Å². The van der Waals surface area contributed by atoms with Gasteiger partial charge in [-0.15, -0.1) is 5.01 Å². The van der Waals surface area contributed by atoms with Gasteiger partial charge in [-0.05, 0) is 19.9 Å². The van der Waals surface area contributed by atoms with Crippen molar-refractivity contribution in [1.29, 1.82) is 0 Å². The normalized spacial score (nSPS) is 18.8. The van der Waals surface area contributed by atoms with Gasteiger partial charge in [-0.2, -0.15) is 5.10 Å². The lowest BCUT2D eigenvalue weighted by molar-refractivity contribution is -0.134. The standard InChI is InChI=1S/C11H11N3O3/c1-11(2)9(15)14(10(16)17-11)13-7-8-4-3-5-12-6-8/h3-7H,1-2H3/b13-7+. The van der Waals surface area contributed by atoms with E-state index in [1.165, 1.54) is 20.1 Å². The number of pyridine rings is 1. The highest BCUT2D eigenvalue weighted by molar-refractivity contribution is 6.02. The molecule has 88 valence electrons. The third kappa shape index (κ3) is 2.15.